The second kappa shape index (κ2) is 6.89. The number of benzene rings is 1. The highest BCUT2D eigenvalue weighted by atomic mass is 35.5. The molecule has 0 fully saturated rings. The summed E-state index contributed by atoms with van der Waals surface area (Å²) in [6, 6.07) is 10.9. The Morgan fingerprint density at radius 1 is 1.22 bits per heavy atom. The van der Waals surface area contributed by atoms with Gasteiger partial charge in [-0.1, -0.05) is 29.8 Å². The SMILES string of the molecule is Cc1nc(C(=O)N[C@H](c2ccc(Cl)cc2)c2cccnc2)cs1. The van der Waals surface area contributed by atoms with Gasteiger partial charge in [0.15, 0.2) is 0 Å². The van der Waals surface area contributed by atoms with Crippen molar-refractivity contribution in [3.63, 3.8) is 0 Å². The second-order valence-electron chi connectivity index (χ2n) is 5.00. The van der Waals surface area contributed by atoms with Crippen LogP contribution in [0.25, 0.3) is 0 Å². The molecule has 0 aliphatic carbocycles. The minimum Gasteiger partial charge on any atom is -0.340 e. The summed E-state index contributed by atoms with van der Waals surface area (Å²) in [4.78, 5) is 20.8. The van der Waals surface area contributed by atoms with Crippen LogP contribution < -0.4 is 5.32 Å². The minimum absolute atomic E-state index is 0.210. The number of rotatable bonds is 4. The Morgan fingerprint density at radius 3 is 2.61 bits per heavy atom. The molecule has 1 aromatic carbocycles. The summed E-state index contributed by atoms with van der Waals surface area (Å²) in [5.74, 6) is -0.210. The Bertz CT molecular complexity index is 802. The largest absolute Gasteiger partial charge is 0.340 e. The quantitative estimate of drug-likeness (QED) is 0.778. The maximum absolute atomic E-state index is 12.5. The third-order valence-corrected chi connectivity index (χ3v) is 4.37. The number of nitrogens with zero attached hydrogens (tertiary/aromatic N) is 2. The van der Waals surface area contributed by atoms with Gasteiger partial charge in [0.25, 0.3) is 5.91 Å². The zero-order valence-corrected chi connectivity index (χ0v) is 13.9. The minimum atomic E-state index is -0.310. The molecule has 0 saturated carbocycles. The summed E-state index contributed by atoms with van der Waals surface area (Å²) in [6.45, 7) is 1.87. The van der Waals surface area contributed by atoms with E-state index in [2.05, 4.69) is 15.3 Å². The number of amides is 1. The summed E-state index contributed by atoms with van der Waals surface area (Å²) in [6.07, 6.45) is 3.44. The first-order valence-corrected chi connectivity index (χ1v) is 8.27. The van der Waals surface area contributed by atoms with E-state index in [4.69, 9.17) is 11.6 Å². The molecule has 4 nitrogen and oxygen atoms in total. The molecule has 2 heterocycles. The molecule has 6 heteroatoms. The van der Waals surface area contributed by atoms with Crippen molar-refractivity contribution in [2.75, 3.05) is 0 Å². The molecule has 116 valence electrons. The molecule has 0 spiro atoms. The lowest BCUT2D eigenvalue weighted by Crippen LogP contribution is -2.29. The van der Waals surface area contributed by atoms with Gasteiger partial charge >= 0.3 is 0 Å². The summed E-state index contributed by atoms with van der Waals surface area (Å²) in [7, 11) is 0. The summed E-state index contributed by atoms with van der Waals surface area (Å²) >= 11 is 7.41. The average Bonchev–Trinajstić information content (AvgIpc) is 3.01. The van der Waals surface area contributed by atoms with Crippen molar-refractivity contribution in [3.8, 4) is 0 Å². The van der Waals surface area contributed by atoms with Gasteiger partial charge in [0.2, 0.25) is 0 Å². The first-order chi connectivity index (χ1) is 11.1. The molecule has 3 rings (SSSR count). The van der Waals surface area contributed by atoms with Gasteiger partial charge in [-0.15, -0.1) is 11.3 Å². The van der Waals surface area contributed by atoms with Gasteiger partial charge in [0, 0.05) is 22.8 Å². The maximum Gasteiger partial charge on any atom is 0.271 e. The Hall–Kier alpha value is -2.24. The fourth-order valence-electron chi connectivity index (χ4n) is 2.23. The number of thiazole rings is 1. The van der Waals surface area contributed by atoms with Crippen LogP contribution in [0, 0.1) is 6.92 Å². The van der Waals surface area contributed by atoms with E-state index >= 15 is 0 Å². The molecule has 1 N–H and O–H groups in total. The van der Waals surface area contributed by atoms with Crippen molar-refractivity contribution in [3.05, 3.63) is 81.0 Å². The molecule has 1 atom stereocenters. The fraction of sp³-hybridized carbons (Fsp3) is 0.118. The van der Waals surface area contributed by atoms with Crippen LogP contribution in [0.4, 0.5) is 0 Å². The number of hydrogen-bond donors (Lipinski definition) is 1. The Kier molecular flexibility index (Phi) is 4.69. The summed E-state index contributed by atoms with van der Waals surface area (Å²) in [5.41, 5.74) is 2.26. The highest BCUT2D eigenvalue weighted by Gasteiger charge is 2.19. The highest BCUT2D eigenvalue weighted by Crippen LogP contribution is 2.23. The molecule has 0 saturated heterocycles. The number of aryl methyl sites for hydroxylation is 1. The lowest BCUT2D eigenvalue weighted by atomic mass is 10.00. The van der Waals surface area contributed by atoms with Crippen LogP contribution in [0.5, 0.6) is 0 Å². The van der Waals surface area contributed by atoms with Gasteiger partial charge in [0.1, 0.15) is 5.69 Å². The zero-order valence-electron chi connectivity index (χ0n) is 12.4. The molecular weight excluding hydrogens is 330 g/mol. The Labute approximate surface area is 143 Å². The molecule has 0 radical (unpaired) electrons. The van der Waals surface area contributed by atoms with Crippen molar-refractivity contribution in [2.24, 2.45) is 0 Å². The van der Waals surface area contributed by atoms with Gasteiger partial charge in [-0.3, -0.25) is 9.78 Å². The molecular formula is C17H14ClN3OS. The zero-order chi connectivity index (χ0) is 16.2. The van der Waals surface area contributed by atoms with Crippen LogP contribution in [0.15, 0.2) is 54.2 Å². The number of hydrogen-bond acceptors (Lipinski definition) is 4. The van der Waals surface area contributed by atoms with Gasteiger partial charge in [-0.05, 0) is 36.2 Å². The topological polar surface area (TPSA) is 54.9 Å². The van der Waals surface area contributed by atoms with Gasteiger partial charge in [-0.2, -0.15) is 0 Å². The van der Waals surface area contributed by atoms with Crippen LogP contribution in [0.3, 0.4) is 0 Å². The lowest BCUT2D eigenvalue weighted by Gasteiger charge is -2.19. The molecule has 0 aliphatic heterocycles. The normalized spacial score (nSPS) is 11.9. The number of aromatic nitrogens is 2. The van der Waals surface area contributed by atoms with E-state index in [1.807, 2.05) is 31.2 Å². The third-order valence-electron chi connectivity index (χ3n) is 3.35. The molecule has 23 heavy (non-hydrogen) atoms. The predicted octanol–water partition coefficient (Wildman–Crippen LogP) is 4.02. The van der Waals surface area contributed by atoms with Crippen molar-refractivity contribution >= 4 is 28.8 Å². The Morgan fingerprint density at radius 2 is 2.00 bits per heavy atom. The number of carbonyl (C=O) groups excluding carboxylic acids is 1. The number of carbonyl (C=O) groups is 1. The van der Waals surface area contributed by atoms with Crippen molar-refractivity contribution < 1.29 is 4.79 Å². The highest BCUT2D eigenvalue weighted by molar-refractivity contribution is 7.09. The second-order valence-corrected chi connectivity index (χ2v) is 6.49. The van der Waals surface area contributed by atoms with E-state index in [-0.39, 0.29) is 11.9 Å². The molecule has 0 bridgehead atoms. The van der Waals surface area contributed by atoms with E-state index in [0.717, 1.165) is 16.1 Å². The average molecular weight is 344 g/mol. The van der Waals surface area contributed by atoms with Gasteiger partial charge < -0.3 is 5.32 Å². The standard InChI is InChI=1S/C17H14ClN3OS/c1-11-20-15(10-23-11)17(22)21-16(13-3-2-8-19-9-13)12-4-6-14(18)7-5-12/h2-10,16H,1H3,(H,21,22)/t16-/m1/s1. The van der Waals surface area contributed by atoms with E-state index in [9.17, 15) is 4.79 Å². The molecule has 0 aliphatic rings. The van der Waals surface area contributed by atoms with Crippen LogP contribution in [0.1, 0.15) is 32.7 Å². The third kappa shape index (κ3) is 3.75. The monoisotopic (exact) mass is 343 g/mol. The van der Waals surface area contributed by atoms with E-state index in [1.165, 1.54) is 11.3 Å². The summed E-state index contributed by atoms with van der Waals surface area (Å²) in [5, 5.41) is 6.29. The number of nitrogens with one attached hydrogen (secondary N) is 1. The predicted molar refractivity (Wildman–Crippen MR) is 91.8 cm³/mol. The first-order valence-electron chi connectivity index (χ1n) is 7.02. The fourth-order valence-corrected chi connectivity index (χ4v) is 2.95. The smallest absolute Gasteiger partial charge is 0.271 e. The molecule has 0 unspecified atom stereocenters. The Balaban J connectivity index is 1.92. The van der Waals surface area contributed by atoms with Crippen LogP contribution in [-0.4, -0.2) is 15.9 Å². The van der Waals surface area contributed by atoms with Crippen LogP contribution >= 0.6 is 22.9 Å². The molecule has 3 aromatic rings. The number of pyridine rings is 1. The van der Waals surface area contributed by atoms with Gasteiger partial charge in [-0.25, -0.2) is 4.98 Å². The van der Waals surface area contributed by atoms with Crippen LogP contribution in [-0.2, 0) is 0 Å². The van der Waals surface area contributed by atoms with E-state index in [1.54, 1.807) is 29.9 Å². The van der Waals surface area contributed by atoms with E-state index in [0.29, 0.717) is 10.7 Å². The van der Waals surface area contributed by atoms with Gasteiger partial charge in [0.05, 0.1) is 11.0 Å². The lowest BCUT2D eigenvalue weighted by molar-refractivity contribution is 0.0938. The maximum atomic E-state index is 12.5. The van der Waals surface area contributed by atoms with Crippen LogP contribution in [0.2, 0.25) is 5.02 Å². The van der Waals surface area contributed by atoms with Crippen molar-refractivity contribution in [2.45, 2.75) is 13.0 Å². The number of halogens is 1. The van der Waals surface area contributed by atoms with Crippen molar-refractivity contribution in [1.82, 2.24) is 15.3 Å². The summed E-state index contributed by atoms with van der Waals surface area (Å²) < 4.78 is 0. The molecule has 1 amide bonds. The first kappa shape index (κ1) is 15.6. The van der Waals surface area contributed by atoms with E-state index < -0.39 is 0 Å². The van der Waals surface area contributed by atoms with Crippen molar-refractivity contribution in [1.29, 1.82) is 0 Å². The molecule has 2 aromatic heterocycles.